The second kappa shape index (κ2) is 7.55. The van der Waals surface area contributed by atoms with Crippen LogP contribution in [0.3, 0.4) is 0 Å². The zero-order valence-electron chi connectivity index (χ0n) is 16.0. The van der Waals surface area contributed by atoms with Gasteiger partial charge in [0.25, 0.3) is 0 Å². The number of phenols is 2. The van der Waals surface area contributed by atoms with Crippen LogP contribution in [0.2, 0.25) is 0 Å². The maximum Gasteiger partial charge on any atom is 0.132 e. The molecule has 1 fully saturated rings. The van der Waals surface area contributed by atoms with Gasteiger partial charge >= 0.3 is 0 Å². The lowest BCUT2D eigenvalue weighted by Gasteiger charge is -2.19. The van der Waals surface area contributed by atoms with Crippen molar-refractivity contribution in [2.75, 3.05) is 6.54 Å². The summed E-state index contributed by atoms with van der Waals surface area (Å²) < 4.78 is 0. The second-order valence-corrected chi connectivity index (χ2v) is 7.44. The van der Waals surface area contributed by atoms with Crippen LogP contribution in [0.25, 0.3) is 16.7 Å². The van der Waals surface area contributed by atoms with Gasteiger partial charge in [-0.3, -0.25) is 0 Å². The van der Waals surface area contributed by atoms with Crippen molar-refractivity contribution in [3.63, 3.8) is 0 Å². The monoisotopic (exact) mass is 351 g/mol. The molecular weight excluding hydrogens is 322 g/mol. The van der Waals surface area contributed by atoms with Crippen molar-refractivity contribution in [1.82, 2.24) is 5.32 Å². The van der Waals surface area contributed by atoms with Gasteiger partial charge in [-0.2, -0.15) is 0 Å². The number of rotatable bonds is 7. The van der Waals surface area contributed by atoms with Gasteiger partial charge < -0.3 is 15.5 Å². The van der Waals surface area contributed by atoms with Gasteiger partial charge in [0.15, 0.2) is 0 Å². The van der Waals surface area contributed by atoms with Gasteiger partial charge in [-0.25, -0.2) is 0 Å². The van der Waals surface area contributed by atoms with Gasteiger partial charge in [0, 0.05) is 18.2 Å². The normalized spacial score (nSPS) is 15.9. The van der Waals surface area contributed by atoms with E-state index in [1.54, 1.807) is 0 Å². The maximum atomic E-state index is 11.1. The van der Waals surface area contributed by atoms with Crippen molar-refractivity contribution in [3.8, 4) is 22.6 Å². The van der Waals surface area contributed by atoms with Crippen LogP contribution in [0.1, 0.15) is 61.4 Å². The molecule has 1 saturated heterocycles. The van der Waals surface area contributed by atoms with Crippen LogP contribution in [-0.4, -0.2) is 16.8 Å². The molecule has 138 valence electrons. The molecule has 1 heterocycles. The van der Waals surface area contributed by atoms with Gasteiger partial charge in [-0.15, -0.1) is 0 Å². The first-order valence-electron chi connectivity index (χ1n) is 9.52. The molecule has 3 nitrogen and oxygen atoms in total. The molecule has 2 aromatic carbocycles. The highest BCUT2D eigenvalue weighted by molar-refractivity contribution is 5.87. The molecule has 3 rings (SSSR count). The lowest BCUT2D eigenvalue weighted by molar-refractivity contribution is 0.447. The first kappa shape index (κ1) is 18.5. The Morgan fingerprint density at radius 3 is 2.58 bits per heavy atom. The minimum Gasteiger partial charge on any atom is -0.507 e. The van der Waals surface area contributed by atoms with Gasteiger partial charge in [0.2, 0.25) is 0 Å². The summed E-state index contributed by atoms with van der Waals surface area (Å²) in [5.41, 5.74) is 6.32. The Labute approximate surface area is 156 Å². The molecule has 3 heteroatoms. The lowest BCUT2D eigenvalue weighted by atomic mass is 9.88. The predicted octanol–water partition coefficient (Wildman–Crippen LogP) is 5.48. The second-order valence-electron chi connectivity index (χ2n) is 7.44. The Kier molecular flexibility index (Phi) is 5.38. The molecule has 0 bridgehead atoms. The number of unbranched alkanes of at least 4 members (excludes halogenated alkanes) is 2. The Balaban J connectivity index is 2.16. The van der Waals surface area contributed by atoms with Crippen LogP contribution in [0.4, 0.5) is 0 Å². The number of hydrogen-bond donors (Lipinski definition) is 3. The Hall–Kier alpha value is -2.26. The first-order chi connectivity index (χ1) is 12.4. The van der Waals surface area contributed by atoms with Crippen LogP contribution in [0.5, 0.6) is 11.5 Å². The topological polar surface area (TPSA) is 62.4 Å². The van der Waals surface area contributed by atoms with Crippen molar-refractivity contribution >= 4 is 5.57 Å². The number of aromatic hydroxyl groups is 2. The SMILES string of the molecule is C=C(C)c1ccc(C)cc1-c1c(O)cc(CCCCC)c(C2CN2)c1O. The zero-order valence-corrected chi connectivity index (χ0v) is 16.0. The molecule has 1 atom stereocenters. The molecular formula is C23H29NO2. The van der Waals surface area contributed by atoms with Crippen molar-refractivity contribution in [2.45, 2.75) is 52.5 Å². The molecule has 0 aromatic heterocycles. The number of allylic oxidation sites excluding steroid dienone is 1. The van der Waals surface area contributed by atoms with Crippen molar-refractivity contribution in [3.05, 3.63) is 53.1 Å². The molecule has 3 N–H and O–H groups in total. The molecule has 1 aliphatic heterocycles. The third-order valence-electron chi connectivity index (χ3n) is 5.12. The van der Waals surface area contributed by atoms with Crippen LogP contribution in [-0.2, 0) is 6.42 Å². The fourth-order valence-corrected chi connectivity index (χ4v) is 3.65. The molecule has 2 aromatic rings. The third-order valence-corrected chi connectivity index (χ3v) is 5.12. The van der Waals surface area contributed by atoms with Crippen LogP contribution >= 0.6 is 0 Å². The predicted molar refractivity (Wildman–Crippen MR) is 109 cm³/mol. The smallest absolute Gasteiger partial charge is 0.132 e. The van der Waals surface area contributed by atoms with E-state index in [1.807, 2.05) is 38.1 Å². The summed E-state index contributed by atoms with van der Waals surface area (Å²) >= 11 is 0. The fourth-order valence-electron chi connectivity index (χ4n) is 3.65. The molecule has 0 saturated carbocycles. The van der Waals surface area contributed by atoms with Crippen LogP contribution < -0.4 is 5.32 Å². The van der Waals surface area contributed by atoms with E-state index in [0.717, 1.165) is 65.6 Å². The minimum atomic E-state index is 0.145. The Bertz CT molecular complexity index is 835. The number of benzene rings is 2. The van der Waals surface area contributed by atoms with E-state index < -0.39 is 0 Å². The number of phenolic OH excluding ortho intramolecular Hbond substituents is 2. The highest BCUT2D eigenvalue weighted by Gasteiger charge is 2.31. The highest BCUT2D eigenvalue weighted by Crippen LogP contribution is 2.47. The third kappa shape index (κ3) is 3.63. The molecule has 1 aliphatic rings. The van der Waals surface area contributed by atoms with E-state index in [1.165, 1.54) is 0 Å². The van der Waals surface area contributed by atoms with Gasteiger partial charge in [-0.05, 0) is 49.4 Å². The summed E-state index contributed by atoms with van der Waals surface area (Å²) in [5, 5.41) is 25.2. The summed E-state index contributed by atoms with van der Waals surface area (Å²) in [6.45, 7) is 11.1. The van der Waals surface area contributed by atoms with Crippen LogP contribution in [0.15, 0.2) is 30.8 Å². The number of hydrogen-bond acceptors (Lipinski definition) is 3. The number of aryl methyl sites for hydroxylation is 2. The van der Waals surface area contributed by atoms with Gasteiger partial charge in [-0.1, -0.05) is 55.7 Å². The average molecular weight is 351 g/mol. The molecule has 0 spiro atoms. The summed E-state index contributed by atoms with van der Waals surface area (Å²) in [7, 11) is 0. The Morgan fingerprint density at radius 2 is 1.96 bits per heavy atom. The summed E-state index contributed by atoms with van der Waals surface area (Å²) in [6, 6.07) is 8.09. The number of nitrogens with one attached hydrogen (secondary N) is 1. The van der Waals surface area contributed by atoms with Crippen molar-refractivity contribution in [1.29, 1.82) is 0 Å². The summed E-state index contributed by atoms with van der Waals surface area (Å²) in [6.07, 6.45) is 4.25. The van der Waals surface area contributed by atoms with E-state index in [4.69, 9.17) is 0 Å². The van der Waals surface area contributed by atoms with Crippen molar-refractivity contribution < 1.29 is 10.2 Å². The van der Waals surface area contributed by atoms with E-state index >= 15 is 0 Å². The first-order valence-corrected chi connectivity index (χ1v) is 9.52. The van der Waals surface area contributed by atoms with E-state index in [-0.39, 0.29) is 17.5 Å². The van der Waals surface area contributed by atoms with E-state index in [2.05, 4.69) is 18.8 Å². The maximum absolute atomic E-state index is 11.1. The Morgan fingerprint density at radius 1 is 1.23 bits per heavy atom. The van der Waals surface area contributed by atoms with Gasteiger partial charge in [0.1, 0.15) is 11.5 Å². The van der Waals surface area contributed by atoms with Crippen molar-refractivity contribution in [2.24, 2.45) is 0 Å². The van der Waals surface area contributed by atoms with Gasteiger partial charge in [0.05, 0.1) is 5.56 Å². The fraction of sp³-hybridized carbons (Fsp3) is 0.391. The van der Waals surface area contributed by atoms with E-state index in [0.29, 0.717) is 5.56 Å². The molecule has 26 heavy (non-hydrogen) atoms. The molecule has 1 unspecified atom stereocenters. The quantitative estimate of drug-likeness (QED) is 0.457. The highest BCUT2D eigenvalue weighted by atomic mass is 16.3. The standard InChI is InChI=1S/C23H29NO2/c1-5-6-7-8-16-12-20(25)22(23(26)21(16)19-13-24-19)18-11-15(4)9-10-17(18)14(2)3/h9-12,19,24-26H,2,5-8,13H2,1,3-4H3. The molecule has 0 aliphatic carbocycles. The molecule has 0 amide bonds. The molecule has 0 radical (unpaired) electrons. The lowest BCUT2D eigenvalue weighted by Crippen LogP contribution is -1.99. The largest absolute Gasteiger partial charge is 0.507 e. The zero-order chi connectivity index (χ0) is 18.8. The summed E-state index contributed by atoms with van der Waals surface area (Å²) in [5.74, 6) is 0.353. The average Bonchev–Trinajstić information content (AvgIpc) is 3.39. The van der Waals surface area contributed by atoms with Crippen LogP contribution in [0, 0.1) is 6.92 Å². The summed E-state index contributed by atoms with van der Waals surface area (Å²) in [4.78, 5) is 0. The minimum absolute atomic E-state index is 0.145. The van der Waals surface area contributed by atoms with E-state index in [9.17, 15) is 10.2 Å².